The molecule has 0 saturated carbocycles. The van der Waals surface area contributed by atoms with Gasteiger partial charge in [-0.25, -0.2) is 9.78 Å². The Labute approximate surface area is 170 Å². The van der Waals surface area contributed by atoms with E-state index in [0.717, 1.165) is 19.0 Å². The molecule has 1 aliphatic heterocycles. The monoisotopic (exact) mass is 428 g/mol. The molecule has 2 N–H and O–H groups in total. The van der Waals surface area contributed by atoms with Gasteiger partial charge in [-0.05, 0) is 44.4 Å². The number of ketones is 1. The third-order valence-corrected chi connectivity index (χ3v) is 5.11. The second-order valence-corrected chi connectivity index (χ2v) is 7.39. The number of halogens is 4. The molecule has 0 radical (unpaired) electrons. The molecular weight excluding hydrogens is 409 g/mol. The van der Waals surface area contributed by atoms with Crippen LogP contribution >= 0.6 is 11.6 Å². The standard InChI is InChI=1S/C19H20ClF3N4O2/c1-10-16(26-18(29)25-11(2)19(21,22)23)13-4-3-7-27(13)17(10)14(28)8-12-5-6-24-15(20)9-12/h5-6,9,11H,3-4,7-8H2,1-2H3,(H2,25,26,29). The van der Waals surface area contributed by atoms with Gasteiger partial charge in [0, 0.05) is 30.4 Å². The van der Waals surface area contributed by atoms with Crippen LogP contribution in [-0.4, -0.2) is 33.6 Å². The van der Waals surface area contributed by atoms with E-state index in [0.29, 0.717) is 35.5 Å². The van der Waals surface area contributed by atoms with Gasteiger partial charge in [-0.1, -0.05) is 11.6 Å². The summed E-state index contributed by atoms with van der Waals surface area (Å²) in [7, 11) is 0. The highest BCUT2D eigenvalue weighted by molar-refractivity contribution is 6.29. The van der Waals surface area contributed by atoms with Crippen molar-refractivity contribution in [3.05, 3.63) is 46.0 Å². The van der Waals surface area contributed by atoms with Gasteiger partial charge in [0.2, 0.25) is 0 Å². The molecule has 29 heavy (non-hydrogen) atoms. The molecule has 10 heteroatoms. The van der Waals surface area contributed by atoms with Gasteiger partial charge in [-0.15, -0.1) is 0 Å². The van der Waals surface area contributed by atoms with Crippen LogP contribution in [-0.2, 0) is 19.4 Å². The van der Waals surface area contributed by atoms with Crippen LogP contribution in [0.5, 0.6) is 0 Å². The second kappa shape index (κ2) is 8.06. The number of pyridine rings is 1. The number of hydrogen-bond acceptors (Lipinski definition) is 3. The minimum Gasteiger partial charge on any atom is -0.340 e. The molecular formula is C19H20ClF3N4O2. The maximum Gasteiger partial charge on any atom is 0.408 e. The van der Waals surface area contributed by atoms with Gasteiger partial charge >= 0.3 is 12.2 Å². The van der Waals surface area contributed by atoms with Gasteiger partial charge in [0.15, 0.2) is 5.78 Å². The summed E-state index contributed by atoms with van der Waals surface area (Å²) in [4.78, 5) is 28.9. The number of Topliss-reactive ketones (excluding diaryl/α,β-unsaturated/α-hetero) is 1. The second-order valence-electron chi connectivity index (χ2n) is 7.00. The highest BCUT2D eigenvalue weighted by atomic mass is 35.5. The molecule has 1 unspecified atom stereocenters. The number of carbonyl (C=O) groups is 2. The van der Waals surface area contributed by atoms with Gasteiger partial charge in [-0.3, -0.25) is 4.79 Å². The number of nitrogens with zero attached hydrogens (tertiary/aromatic N) is 2. The number of aromatic nitrogens is 2. The quantitative estimate of drug-likeness (QED) is 0.551. The third-order valence-electron chi connectivity index (χ3n) is 4.91. The van der Waals surface area contributed by atoms with Crippen LogP contribution in [0.15, 0.2) is 18.3 Å². The van der Waals surface area contributed by atoms with Gasteiger partial charge in [0.25, 0.3) is 0 Å². The van der Waals surface area contributed by atoms with Crippen LogP contribution < -0.4 is 10.6 Å². The minimum absolute atomic E-state index is 0.100. The van der Waals surface area contributed by atoms with E-state index in [2.05, 4.69) is 10.3 Å². The summed E-state index contributed by atoms with van der Waals surface area (Å²) < 4.78 is 39.9. The molecule has 2 amide bonds. The number of amides is 2. The van der Waals surface area contributed by atoms with E-state index in [9.17, 15) is 22.8 Å². The summed E-state index contributed by atoms with van der Waals surface area (Å²) in [5.41, 5.74) is 2.83. The largest absolute Gasteiger partial charge is 0.408 e. The zero-order valence-electron chi connectivity index (χ0n) is 15.9. The van der Waals surface area contributed by atoms with Crippen molar-refractivity contribution in [3.63, 3.8) is 0 Å². The number of fused-ring (bicyclic) bond motifs is 1. The van der Waals surface area contributed by atoms with E-state index < -0.39 is 18.2 Å². The topological polar surface area (TPSA) is 76.0 Å². The van der Waals surface area contributed by atoms with E-state index in [1.165, 1.54) is 6.20 Å². The molecule has 6 nitrogen and oxygen atoms in total. The van der Waals surface area contributed by atoms with E-state index in [1.807, 2.05) is 9.88 Å². The van der Waals surface area contributed by atoms with Crippen molar-refractivity contribution in [1.82, 2.24) is 14.9 Å². The molecule has 1 atom stereocenters. The lowest BCUT2D eigenvalue weighted by Crippen LogP contribution is -2.45. The fourth-order valence-electron chi connectivity index (χ4n) is 3.49. The Morgan fingerprint density at radius 3 is 2.76 bits per heavy atom. The summed E-state index contributed by atoms with van der Waals surface area (Å²) in [6, 6.07) is 0.348. The summed E-state index contributed by atoms with van der Waals surface area (Å²) in [6.45, 7) is 3.16. The number of alkyl halides is 3. The molecule has 2 aromatic heterocycles. The fraction of sp³-hybridized carbons (Fsp3) is 0.421. The molecule has 0 spiro atoms. The van der Waals surface area contributed by atoms with Crippen LogP contribution in [0, 0.1) is 6.92 Å². The normalized spacial score (nSPS) is 14.4. The Bertz CT molecular complexity index is 956. The predicted molar refractivity (Wildman–Crippen MR) is 102 cm³/mol. The van der Waals surface area contributed by atoms with Crippen molar-refractivity contribution in [2.45, 2.75) is 51.9 Å². The minimum atomic E-state index is -4.54. The van der Waals surface area contributed by atoms with E-state index in [1.54, 1.807) is 19.1 Å². The smallest absolute Gasteiger partial charge is 0.340 e. The summed E-state index contributed by atoms with van der Waals surface area (Å²) >= 11 is 5.87. The van der Waals surface area contributed by atoms with Crippen molar-refractivity contribution in [1.29, 1.82) is 0 Å². The highest BCUT2D eigenvalue weighted by Gasteiger charge is 2.37. The number of rotatable bonds is 5. The molecule has 0 saturated heterocycles. The molecule has 3 rings (SSSR count). The SMILES string of the molecule is Cc1c(NC(=O)NC(C)C(F)(F)F)c2n(c1C(=O)Cc1ccnc(Cl)c1)CCC2. The summed E-state index contributed by atoms with van der Waals surface area (Å²) in [6.07, 6.45) is -1.52. The Kier molecular flexibility index (Phi) is 5.88. The van der Waals surface area contributed by atoms with Crippen LogP contribution in [0.3, 0.4) is 0 Å². The van der Waals surface area contributed by atoms with Crippen LogP contribution in [0.2, 0.25) is 5.15 Å². The van der Waals surface area contributed by atoms with Gasteiger partial charge in [0.1, 0.15) is 11.2 Å². The first-order valence-electron chi connectivity index (χ1n) is 9.07. The molecule has 3 heterocycles. The zero-order valence-corrected chi connectivity index (χ0v) is 16.6. The number of nitrogens with one attached hydrogen (secondary N) is 2. The first kappa shape index (κ1) is 21.2. The van der Waals surface area contributed by atoms with E-state index in [-0.39, 0.29) is 17.4 Å². The average Bonchev–Trinajstić information content (AvgIpc) is 3.16. The Morgan fingerprint density at radius 2 is 2.10 bits per heavy atom. The van der Waals surface area contributed by atoms with Crippen LogP contribution in [0.4, 0.5) is 23.7 Å². The first-order valence-corrected chi connectivity index (χ1v) is 9.45. The predicted octanol–water partition coefficient (Wildman–Crippen LogP) is 4.29. The molecule has 0 aliphatic carbocycles. The average molecular weight is 429 g/mol. The Balaban J connectivity index is 1.84. The molecule has 1 aliphatic rings. The van der Waals surface area contributed by atoms with Crippen molar-refractivity contribution in [2.75, 3.05) is 5.32 Å². The number of anilines is 1. The zero-order chi connectivity index (χ0) is 21.3. The Morgan fingerprint density at radius 1 is 1.38 bits per heavy atom. The van der Waals surface area contributed by atoms with E-state index >= 15 is 0 Å². The lowest BCUT2D eigenvalue weighted by Gasteiger charge is -2.17. The van der Waals surface area contributed by atoms with Crippen molar-refractivity contribution < 1.29 is 22.8 Å². The van der Waals surface area contributed by atoms with Gasteiger partial charge in [-0.2, -0.15) is 13.2 Å². The van der Waals surface area contributed by atoms with Crippen molar-refractivity contribution in [3.8, 4) is 0 Å². The number of carbonyl (C=O) groups excluding carboxylic acids is 2. The molecule has 0 aromatic carbocycles. The third kappa shape index (κ3) is 4.55. The maximum absolute atomic E-state index is 13.0. The maximum atomic E-state index is 13.0. The lowest BCUT2D eigenvalue weighted by atomic mass is 10.0. The molecule has 156 valence electrons. The van der Waals surface area contributed by atoms with Gasteiger partial charge in [0.05, 0.1) is 11.4 Å². The summed E-state index contributed by atoms with van der Waals surface area (Å²) in [5.74, 6) is -0.162. The van der Waals surface area contributed by atoms with Crippen LogP contribution in [0.25, 0.3) is 0 Å². The van der Waals surface area contributed by atoms with Crippen molar-refractivity contribution in [2.24, 2.45) is 0 Å². The van der Waals surface area contributed by atoms with Crippen molar-refractivity contribution >= 4 is 29.1 Å². The fourth-order valence-corrected chi connectivity index (χ4v) is 3.69. The van der Waals surface area contributed by atoms with Gasteiger partial charge < -0.3 is 15.2 Å². The Hall–Kier alpha value is -2.55. The molecule has 2 aromatic rings. The highest BCUT2D eigenvalue weighted by Crippen LogP contribution is 2.34. The number of urea groups is 1. The van der Waals surface area contributed by atoms with E-state index in [4.69, 9.17) is 11.6 Å². The first-order chi connectivity index (χ1) is 13.6. The summed E-state index contributed by atoms with van der Waals surface area (Å²) in [5, 5.41) is 4.67. The molecule has 0 bridgehead atoms. The van der Waals surface area contributed by atoms with Crippen LogP contribution in [0.1, 0.15) is 40.7 Å². The number of hydrogen-bond donors (Lipinski definition) is 2. The molecule has 0 fully saturated rings. The lowest BCUT2D eigenvalue weighted by molar-refractivity contribution is -0.148.